The SMILES string of the molecule is [NH]c1ccc2ccc(S(=O)(=O)O)cc2c1. The Labute approximate surface area is 87.1 Å². The molecule has 15 heavy (non-hydrogen) atoms. The molecular formula is C10H8NO3S. The van der Waals surface area contributed by atoms with Crippen molar-refractivity contribution in [2.75, 3.05) is 0 Å². The molecule has 0 saturated carbocycles. The molecule has 0 amide bonds. The average Bonchev–Trinajstić information content (AvgIpc) is 2.15. The van der Waals surface area contributed by atoms with Gasteiger partial charge in [-0.15, -0.1) is 0 Å². The van der Waals surface area contributed by atoms with E-state index in [1.807, 2.05) is 0 Å². The highest BCUT2D eigenvalue weighted by Crippen LogP contribution is 2.21. The second-order valence-electron chi connectivity index (χ2n) is 3.20. The van der Waals surface area contributed by atoms with Crippen molar-refractivity contribution in [1.29, 1.82) is 0 Å². The minimum Gasteiger partial charge on any atom is -0.301 e. The number of hydrogen-bond donors (Lipinski definition) is 1. The zero-order valence-electron chi connectivity index (χ0n) is 7.64. The minimum atomic E-state index is -4.17. The number of rotatable bonds is 1. The van der Waals surface area contributed by atoms with Gasteiger partial charge in [-0.2, -0.15) is 8.42 Å². The molecule has 0 aromatic heterocycles. The van der Waals surface area contributed by atoms with E-state index in [0.717, 1.165) is 5.39 Å². The van der Waals surface area contributed by atoms with E-state index in [1.54, 1.807) is 24.3 Å². The first kappa shape index (κ1) is 9.95. The van der Waals surface area contributed by atoms with E-state index in [0.29, 0.717) is 11.1 Å². The lowest BCUT2D eigenvalue weighted by atomic mass is 10.1. The molecule has 0 aliphatic heterocycles. The van der Waals surface area contributed by atoms with Gasteiger partial charge in [-0.05, 0) is 35.0 Å². The zero-order chi connectivity index (χ0) is 11.1. The van der Waals surface area contributed by atoms with Crippen molar-refractivity contribution in [3.63, 3.8) is 0 Å². The maximum absolute atomic E-state index is 10.9. The molecule has 4 nitrogen and oxygen atoms in total. The second kappa shape index (κ2) is 3.22. The maximum atomic E-state index is 10.9. The van der Waals surface area contributed by atoms with Crippen LogP contribution in [0.1, 0.15) is 0 Å². The average molecular weight is 222 g/mol. The number of nitrogens with one attached hydrogen (secondary N) is 1. The second-order valence-corrected chi connectivity index (χ2v) is 4.62. The van der Waals surface area contributed by atoms with Crippen molar-refractivity contribution in [3.05, 3.63) is 36.4 Å². The molecule has 0 atom stereocenters. The molecule has 0 heterocycles. The van der Waals surface area contributed by atoms with Crippen LogP contribution in [0.4, 0.5) is 5.69 Å². The molecule has 2 N–H and O–H groups in total. The summed E-state index contributed by atoms with van der Waals surface area (Å²) in [6.07, 6.45) is 0. The molecule has 2 rings (SSSR count). The van der Waals surface area contributed by atoms with E-state index < -0.39 is 10.1 Å². The summed E-state index contributed by atoms with van der Waals surface area (Å²) >= 11 is 0. The van der Waals surface area contributed by atoms with E-state index in [2.05, 4.69) is 0 Å². The molecule has 0 unspecified atom stereocenters. The summed E-state index contributed by atoms with van der Waals surface area (Å²) < 4.78 is 30.6. The lowest BCUT2D eigenvalue weighted by molar-refractivity contribution is 0.483. The number of fused-ring (bicyclic) bond motifs is 1. The van der Waals surface area contributed by atoms with Crippen molar-refractivity contribution in [1.82, 2.24) is 5.73 Å². The summed E-state index contributed by atoms with van der Waals surface area (Å²) in [5, 5.41) is 1.45. The van der Waals surface area contributed by atoms with Crippen molar-refractivity contribution in [2.24, 2.45) is 0 Å². The van der Waals surface area contributed by atoms with E-state index >= 15 is 0 Å². The summed E-state index contributed by atoms with van der Waals surface area (Å²) in [6, 6.07) is 9.17. The summed E-state index contributed by atoms with van der Waals surface area (Å²) in [7, 11) is -4.17. The highest BCUT2D eigenvalue weighted by atomic mass is 32.2. The molecule has 1 radical (unpaired) electrons. The molecule has 0 spiro atoms. The lowest BCUT2D eigenvalue weighted by Gasteiger charge is -2.01. The summed E-state index contributed by atoms with van der Waals surface area (Å²) in [5.41, 5.74) is 7.69. The highest BCUT2D eigenvalue weighted by Gasteiger charge is 2.09. The molecule has 77 valence electrons. The van der Waals surface area contributed by atoms with Crippen LogP contribution < -0.4 is 5.73 Å². The standard InChI is InChI=1S/C10H8NO3S/c11-9-3-1-7-2-4-10(15(12,13)14)6-8(7)5-9/h1-6,11H,(H,12,13,14). The molecule has 0 aliphatic rings. The van der Waals surface area contributed by atoms with E-state index in [-0.39, 0.29) is 4.90 Å². The van der Waals surface area contributed by atoms with Gasteiger partial charge < -0.3 is 5.73 Å². The van der Waals surface area contributed by atoms with Crippen molar-refractivity contribution >= 4 is 26.6 Å². The predicted molar refractivity (Wildman–Crippen MR) is 56.5 cm³/mol. The Bertz CT molecular complexity index is 620. The number of hydrogen-bond acceptors (Lipinski definition) is 2. The van der Waals surface area contributed by atoms with Gasteiger partial charge >= 0.3 is 0 Å². The normalized spacial score (nSPS) is 11.8. The molecule has 2 aromatic rings. The molecule has 0 saturated heterocycles. The van der Waals surface area contributed by atoms with Crippen LogP contribution in [0.2, 0.25) is 0 Å². The van der Waals surface area contributed by atoms with Crippen LogP contribution in [-0.2, 0) is 10.1 Å². The van der Waals surface area contributed by atoms with E-state index in [4.69, 9.17) is 10.3 Å². The summed E-state index contributed by atoms with van der Waals surface area (Å²) in [6.45, 7) is 0. The third kappa shape index (κ3) is 1.93. The summed E-state index contributed by atoms with van der Waals surface area (Å²) in [4.78, 5) is -0.152. The van der Waals surface area contributed by atoms with Crippen LogP contribution in [0.15, 0.2) is 41.3 Å². The first-order valence-corrected chi connectivity index (χ1v) is 5.64. The monoisotopic (exact) mass is 222 g/mol. The van der Waals surface area contributed by atoms with Crippen LogP contribution in [0.5, 0.6) is 0 Å². The fraction of sp³-hybridized carbons (Fsp3) is 0. The Balaban J connectivity index is 2.75. The van der Waals surface area contributed by atoms with Crippen LogP contribution in [0.25, 0.3) is 10.8 Å². The van der Waals surface area contributed by atoms with Crippen molar-refractivity contribution < 1.29 is 13.0 Å². The van der Waals surface area contributed by atoms with Crippen LogP contribution in [0.3, 0.4) is 0 Å². The maximum Gasteiger partial charge on any atom is 0.294 e. The topological polar surface area (TPSA) is 78.2 Å². The Hall–Kier alpha value is -1.59. The third-order valence-corrected chi connectivity index (χ3v) is 2.96. The Morgan fingerprint density at radius 3 is 2.33 bits per heavy atom. The summed E-state index contributed by atoms with van der Waals surface area (Å²) in [5.74, 6) is 0. The van der Waals surface area contributed by atoms with Crippen LogP contribution in [-0.4, -0.2) is 13.0 Å². The fourth-order valence-corrected chi connectivity index (χ4v) is 1.90. The van der Waals surface area contributed by atoms with Gasteiger partial charge in [0.05, 0.1) is 10.6 Å². The largest absolute Gasteiger partial charge is 0.301 e. The molecule has 5 heteroatoms. The quantitative estimate of drug-likeness (QED) is 0.749. The van der Waals surface area contributed by atoms with Crippen LogP contribution >= 0.6 is 0 Å². The fourth-order valence-electron chi connectivity index (χ4n) is 1.39. The molecule has 0 bridgehead atoms. The molecule has 2 aromatic carbocycles. The van der Waals surface area contributed by atoms with Crippen LogP contribution in [0, 0.1) is 0 Å². The van der Waals surface area contributed by atoms with Gasteiger partial charge in [-0.25, -0.2) is 0 Å². The molecular weight excluding hydrogens is 214 g/mol. The zero-order valence-corrected chi connectivity index (χ0v) is 8.45. The Morgan fingerprint density at radius 1 is 1.00 bits per heavy atom. The number of benzene rings is 2. The van der Waals surface area contributed by atoms with Gasteiger partial charge in [0.15, 0.2) is 0 Å². The molecule has 0 fully saturated rings. The van der Waals surface area contributed by atoms with Gasteiger partial charge in [0.25, 0.3) is 10.1 Å². The predicted octanol–water partition coefficient (Wildman–Crippen LogP) is 2.00. The van der Waals surface area contributed by atoms with E-state index in [1.165, 1.54) is 12.1 Å². The van der Waals surface area contributed by atoms with E-state index in [9.17, 15) is 8.42 Å². The van der Waals surface area contributed by atoms with Gasteiger partial charge in [0, 0.05) is 0 Å². The Morgan fingerprint density at radius 2 is 1.67 bits per heavy atom. The smallest absolute Gasteiger partial charge is 0.294 e. The third-order valence-electron chi connectivity index (χ3n) is 2.11. The first-order valence-electron chi connectivity index (χ1n) is 4.20. The molecule has 0 aliphatic carbocycles. The lowest BCUT2D eigenvalue weighted by Crippen LogP contribution is -1.97. The Kier molecular flexibility index (Phi) is 2.13. The minimum absolute atomic E-state index is 0.152. The van der Waals surface area contributed by atoms with Crippen molar-refractivity contribution in [3.8, 4) is 0 Å². The van der Waals surface area contributed by atoms with Crippen molar-refractivity contribution in [2.45, 2.75) is 4.90 Å². The van der Waals surface area contributed by atoms with Gasteiger partial charge in [-0.3, -0.25) is 4.55 Å². The first-order chi connectivity index (χ1) is 6.97. The van der Waals surface area contributed by atoms with Gasteiger partial charge in [-0.1, -0.05) is 12.1 Å². The highest BCUT2D eigenvalue weighted by molar-refractivity contribution is 7.85. The van der Waals surface area contributed by atoms with Gasteiger partial charge in [0.2, 0.25) is 0 Å². The van der Waals surface area contributed by atoms with Gasteiger partial charge in [0.1, 0.15) is 0 Å².